The fourth-order valence-corrected chi connectivity index (χ4v) is 2.89. The quantitative estimate of drug-likeness (QED) is 0.681. The van der Waals surface area contributed by atoms with Crippen LogP contribution in [-0.2, 0) is 23.4 Å². The zero-order valence-corrected chi connectivity index (χ0v) is 10.4. The fourth-order valence-electron chi connectivity index (χ4n) is 1.90. The molecule has 17 heavy (non-hydrogen) atoms. The van der Waals surface area contributed by atoms with Gasteiger partial charge in [0.1, 0.15) is 5.82 Å². The molecular weight excluding hydrogens is 246 g/mol. The van der Waals surface area contributed by atoms with Gasteiger partial charge in [0.15, 0.2) is 14.7 Å². The van der Waals surface area contributed by atoms with Gasteiger partial charge < -0.3 is 5.32 Å². The average Bonchev–Trinajstić information content (AvgIpc) is 2.24. The van der Waals surface area contributed by atoms with E-state index in [1.807, 2.05) is 0 Å². The van der Waals surface area contributed by atoms with E-state index in [1.165, 1.54) is 11.6 Å². The van der Waals surface area contributed by atoms with Crippen molar-refractivity contribution in [2.75, 3.05) is 18.1 Å². The highest BCUT2D eigenvalue weighted by Gasteiger charge is 2.26. The lowest BCUT2D eigenvalue weighted by Gasteiger charge is -2.22. The van der Waals surface area contributed by atoms with Crippen molar-refractivity contribution in [3.8, 4) is 0 Å². The standard InChI is InChI=1S/C9H13N3O4S/c1-11-8(13)6(17(2,15)16)7-10-4-3-5-12(7)9(11)14/h10H,3-5H2,1-2H3. The Morgan fingerprint density at radius 3 is 2.53 bits per heavy atom. The Bertz CT molecular complexity index is 683. The monoisotopic (exact) mass is 259 g/mol. The zero-order valence-electron chi connectivity index (χ0n) is 9.56. The minimum absolute atomic E-state index is 0.117. The highest BCUT2D eigenvalue weighted by atomic mass is 32.2. The predicted molar refractivity (Wildman–Crippen MR) is 62.2 cm³/mol. The SMILES string of the molecule is Cn1c(=O)c(S(C)(=O)=O)c2n(c1=O)CCCN2. The van der Waals surface area contributed by atoms with Gasteiger partial charge in [-0.25, -0.2) is 13.2 Å². The molecule has 1 aliphatic rings. The van der Waals surface area contributed by atoms with E-state index in [2.05, 4.69) is 5.32 Å². The lowest BCUT2D eigenvalue weighted by Crippen LogP contribution is -2.44. The number of nitrogens with one attached hydrogen (secondary N) is 1. The van der Waals surface area contributed by atoms with Crippen LogP contribution < -0.4 is 16.6 Å². The number of anilines is 1. The van der Waals surface area contributed by atoms with Crippen LogP contribution in [0.3, 0.4) is 0 Å². The number of fused-ring (bicyclic) bond motifs is 1. The van der Waals surface area contributed by atoms with Crippen molar-refractivity contribution >= 4 is 15.7 Å². The maximum atomic E-state index is 11.8. The number of rotatable bonds is 1. The number of hydrogen-bond acceptors (Lipinski definition) is 5. The number of nitrogens with zero attached hydrogens (tertiary/aromatic N) is 2. The summed E-state index contributed by atoms with van der Waals surface area (Å²) in [6, 6.07) is 0. The predicted octanol–water partition coefficient (Wildman–Crippen LogP) is -1.23. The van der Waals surface area contributed by atoms with E-state index in [0.717, 1.165) is 10.8 Å². The van der Waals surface area contributed by atoms with E-state index in [4.69, 9.17) is 0 Å². The molecule has 2 rings (SSSR count). The minimum Gasteiger partial charge on any atom is -0.370 e. The van der Waals surface area contributed by atoms with E-state index in [-0.39, 0.29) is 10.7 Å². The third-order valence-electron chi connectivity index (χ3n) is 2.72. The first-order chi connectivity index (χ1) is 7.84. The summed E-state index contributed by atoms with van der Waals surface area (Å²) in [6.07, 6.45) is 1.68. The summed E-state index contributed by atoms with van der Waals surface area (Å²) in [7, 11) is -2.39. The van der Waals surface area contributed by atoms with Crippen molar-refractivity contribution in [3.63, 3.8) is 0 Å². The molecule has 7 nitrogen and oxygen atoms in total. The van der Waals surface area contributed by atoms with Crippen LogP contribution in [0.5, 0.6) is 0 Å². The molecule has 0 radical (unpaired) electrons. The topological polar surface area (TPSA) is 90.2 Å². The van der Waals surface area contributed by atoms with E-state index in [1.54, 1.807) is 0 Å². The van der Waals surface area contributed by atoms with Crippen molar-refractivity contribution in [2.45, 2.75) is 17.9 Å². The van der Waals surface area contributed by atoms with Crippen LogP contribution in [-0.4, -0.2) is 30.4 Å². The second-order valence-electron chi connectivity index (χ2n) is 4.03. The van der Waals surface area contributed by atoms with Gasteiger partial charge in [-0.3, -0.25) is 13.9 Å². The van der Waals surface area contributed by atoms with Gasteiger partial charge in [-0.1, -0.05) is 0 Å². The van der Waals surface area contributed by atoms with E-state index in [0.29, 0.717) is 19.5 Å². The largest absolute Gasteiger partial charge is 0.370 e. The number of sulfone groups is 1. The van der Waals surface area contributed by atoms with Gasteiger partial charge in [0.2, 0.25) is 0 Å². The van der Waals surface area contributed by atoms with E-state index >= 15 is 0 Å². The molecule has 2 heterocycles. The lowest BCUT2D eigenvalue weighted by atomic mass is 10.3. The van der Waals surface area contributed by atoms with Crippen molar-refractivity contribution < 1.29 is 8.42 Å². The Balaban J connectivity index is 2.98. The summed E-state index contributed by atoms with van der Waals surface area (Å²) >= 11 is 0. The molecule has 0 spiro atoms. The smallest absolute Gasteiger partial charge is 0.332 e. The van der Waals surface area contributed by atoms with Crippen molar-refractivity contribution in [1.29, 1.82) is 0 Å². The van der Waals surface area contributed by atoms with Crippen LogP contribution in [0.2, 0.25) is 0 Å². The van der Waals surface area contributed by atoms with Crippen LogP contribution in [0, 0.1) is 0 Å². The third kappa shape index (κ3) is 1.78. The Morgan fingerprint density at radius 1 is 1.29 bits per heavy atom. The molecule has 0 fully saturated rings. The second kappa shape index (κ2) is 3.73. The summed E-state index contributed by atoms with van der Waals surface area (Å²) in [4.78, 5) is 23.3. The lowest BCUT2D eigenvalue weighted by molar-refractivity contribution is 0.540. The molecule has 0 unspecified atom stereocenters. The molecule has 0 atom stereocenters. The van der Waals surface area contributed by atoms with Gasteiger partial charge in [0.25, 0.3) is 5.56 Å². The summed E-state index contributed by atoms with van der Waals surface area (Å²) in [5.41, 5.74) is -1.28. The number of aromatic nitrogens is 2. The maximum absolute atomic E-state index is 11.8. The molecule has 1 N–H and O–H groups in total. The molecule has 0 aliphatic carbocycles. The maximum Gasteiger partial charge on any atom is 0.332 e. The van der Waals surface area contributed by atoms with Crippen LogP contribution in [0.4, 0.5) is 5.82 Å². The van der Waals surface area contributed by atoms with Gasteiger partial charge in [0.05, 0.1) is 0 Å². The van der Waals surface area contributed by atoms with Crippen LogP contribution >= 0.6 is 0 Å². The highest BCUT2D eigenvalue weighted by molar-refractivity contribution is 7.90. The van der Waals surface area contributed by atoms with Gasteiger partial charge in [-0.15, -0.1) is 0 Å². The Morgan fingerprint density at radius 2 is 1.94 bits per heavy atom. The molecular formula is C9H13N3O4S. The van der Waals surface area contributed by atoms with Crippen LogP contribution in [0.15, 0.2) is 14.5 Å². The average molecular weight is 259 g/mol. The van der Waals surface area contributed by atoms with E-state index in [9.17, 15) is 18.0 Å². The summed E-state index contributed by atoms with van der Waals surface area (Å²) < 4.78 is 25.4. The van der Waals surface area contributed by atoms with Gasteiger partial charge >= 0.3 is 5.69 Å². The molecule has 0 amide bonds. The van der Waals surface area contributed by atoms with Crippen molar-refractivity contribution in [1.82, 2.24) is 9.13 Å². The molecule has 1 aromatic heterocycles. The highest BCUT2D eigenvalue weighted by Crippen LogP contribution is 2.18. The Hall–Kier alpha value is -1.57. The molecule has 0 aromatic carbocycles. The Labute approximate surface area is 97.6 Å². The summed E-state index contributed by atoms with van der Waals surface area (Å²) in [6.45, 7) is 0.965. The summed E-state index contributed by atoms with van der Waals surface area (Å²) in [5.74, 6) is 0.117. The normalized spacial score (nSPS) is 15.2. The molecule has 1 aliphatic heterocycles. The van der Waals surface area contributed by atoms with Crippen molar-refractivity contribution in [2.24, 2.45) is 7.05 Å². The first-order valence-electron chi connectivity index (χ1n) is 5.12. The third-order valence-corrected chi connectivity index (χ3v) is 3.83. The molecule has 1 aromatic rings. The molecule has 0 saturated carbocycles. The first-order valence-corrected chi connectivity index (χ1v) is 7.01. The molecule has 0 bridgehead atoms. The first kappa shape index (κ1) is 11.9. The van der Waals surface area contributed by atoms with Crippen molar-refractivity contribution in [3.05, 3.63) is 20.8 Å². The van der Waals surface area contributed by atoms with Gasteiger partial charge in [-0.05, 0) is 6.42 Å². The Kier molecular flexibility index (Phi) is 2.61. The van der Waals surface area contributed by atoms with Gasteiger partial charge in [-0.2, -0.15) is 0 Å². The van der Waals surface area contributed by atoms with Crippen LogP contribution in [0.25, 0.3) is 0 Å². The zero-order chi connectivity index (χ0) is 12.8. The fraction of sp³-hybridized carbons (Fsp3) is 0.556. The summed E-state index contributed by atoms with van der Waals surface area (Å²) in [5, 5.41) is 2.82. The van der Waals surface area contributed by atoms with Gasteiger partial charge in [0, 0.05) is 26.4 Å². The molecule has 8 heteroatoms. The minimum atomic E-state index is -3.67. The second-order valence-corrected chi connectivity index (χ2v) is 5.98. The van der Waals surface area contributed by atoms with E-state index < -0.39 is 21.1 Å². The molecule has 94 valence electrons. The molecule has 0 saturated heterocycles. The van der Waals surface area contributed by atoms with Crippen LogP contribution in [0.1, 0.15) is 6.42 Å². The number of hydrogen-bond donors (Lipinski definition) is 1.